The molecule has 0 aliphatic carbocycles. The van der Waals surface area contributed by atoms with Crippen LogP contribution in [0.25, 0.3) is 0 Å². The average molecular weight is 489 g/mol. The van der Waals surface area contributed by atoms with E-state index in [1.807, 2.05) is 20.8 Å². The maximum Gasteiger partial charge on any atom is 0.318 e. The van der Waals surface area contributed by atoms with Gasteiger partial charge in [-0.2, -0.15) is 5.10 Å². The van der Waals surface area contributed by atoms with Gasteiger partial charge in [-0.3, -0.25) is 14.3 Å². The molecule has 2 atom stereocenters. The molecule has 4 amide bonds. The molecule has 1 aliphatic rings. The Morgan fingerprint density at radius 2 is 2.00 bits per heavy atom. The lowest BCUT2D eigenvalue weighted by Gasteiger charge is -2.29. The number of anilines is 1. The molecule has 1 saturated heterocycles. The smallest absolute Gasteiger partial charge is 0.318 e. The Morgan fingerprint density at radius 1 is 1.26 bits per heavy atom. The number of amides is 4. The van der Waals surface area contributed by atoms with Crippen LogP contribution in [0.5, 0.6) is 0 Å². The predicted octanol–water partition coefficient (Wildman–Crippen LogP) is 2.50. The highest BCUT2D eigenvalue weighted by atomic mass is 19.1. The minimum Gasteiger partial charge on any atom is -0.369 e. The number of carbonyl (C=O) groups excluding carboxylic acids is 3. The van der Waals surface area contributed by atoms with Gasteiger partial charge in [0.2, 0.25) is 5.91 Å². The van der Waals surface area contributed by atoms with Crippen molar-refractivity contribution in [3.05, 3.63) is 48.0 Å². The third kappa shape index (κ3) is 7.25. The van der Waals surface area contributed by atoms with E-state index in [2.05, 4.69) is 15.7 Å². The fraction of sp³-hybridized carbons (Fsp3) is 0.500. The fourth-order valence-corrected chi connectivity index (χ4v) is 3.73. The van der Waals surface area contributed by atoms with Crippen molar-refractivity contribution in [1.29, 1.82) is 0 Å². The Morgan fingerprint density at radius 3 is 2.66 bits per heavy atom. The number of hydrogen-bond acceptors (Lipinski definition) is 5. The average Bonchev–Trinajstić information content (AvgIpc) is 3.39. The van der Waals surface area contributed by atoms with Crippen molar-refractivity contribution < 1.29 is 23.5 Å². The molecule has 0 saturated carbocycles. The summed E-state index contributed by atoms with van der Waals surface area (Å²) in [4.78, 5) is 40.4. The second-order valence-corrected chi connectivity index (χ2v) is 9.85. The number of likely N-dealkylation sites (N-methyl/N-ethyl adjacent to an activating group) is 1. The van der Waals surface area contributed by atoms with Gasteiger partial charge in [0.05, 0.1) is 30.6 Å². The quantitative estimate of drug-likeness (QED) is 0.623. The Kier molecular flexibility index (Phi) is 8.11. The van der Waals surface area contributed by atoms with E-state index in [1.54, 1.807) is 29.9 Å². The topological polar surface area (TPSA) is 109 Å². The molecule has 1 aliphatic heterocycles. The second-order valence-electron chi connectivity index (χ2n) is 9.85. The van der Waals surface area contributed by atoms with Crippen molar-refractivity contribution in [2.75, 3.05) is 39.2 Å². The molecular weight excluding hydrogens is 455 g/mol. The number of rotatable bonds is 7. The van der Waals surface area contributed by atoms with Crippen LogP contribution in [0.4, 0.5) is 14.9 Å². The molecule has 2 heterocycles. The number of likely N-dealkylation sites (tertiary alicyclic amines) is 1. The molecule has 0 unspecified atom stereocenters. The lowest BCUT2D eigenvalue weighted by molar-refractivity contribution is -0.133. The Hall–Kier alpha value is -3.47. The van der Waals surface area contributed by atoms with E-state index in [-0.39, 0.29) is 42.8 Å². The molecule has 0 radical (unpaired) electrons. The van der Waals surface area contributed by atoms with Crippen LogP contribution in [0.2, 0.25) is 0 Å². The van der Waals surface area contributed by atoms with Crippen LogP contribution in [-0.4, -0.2) is 82.9 Å². The third-order valence-electron chi connectivity index (χ3n) is 5.49. The summed E-state index contributed by atoms with van der Waals surface area (Å²) in [6.45, 7) is 6.23. The normalized spacial score (nSPS) is 17.8. The number of nitrogens with one attached hydrogen (secondary N) is 2. The van der Waals surface area contributed by atoms with E-state index in [0.717, 1.165) is 6.07 Å². The van der Waals surface area contributed by atoms with E-state index in [4.69, 9.17) is 4.74 Å². The molecule has 0 bridgehead atoms. The molecule has 190 valence electrons. The first-order chi connectivity index (χ1) is 16.4. The Balaban J connectivity index is 1.68. The predicted molar refractivity (Wildman–Crippen MR) is 129 cm³/mol. The van der Waals surface area contributed by atoms with E-state index < -0.39 is 17.3 Å². The van der Waals surface area contributed by atoms with Gasteiger partial charge in [-0.15, -0.1) is 0 Å². The summed E-state index contributed by atoms with van der Waals surface area (Å²) in [6.07, 6.45) is 3.75. The molecule has 2 aromatic rings. The lowest BCUT2D eigenvalue weighted by atomic mass is 10.1. The van der Waals surface area contributed by atoms with E-state index in [0.29, 0.717) is 18.7 Å². The van der Waals surface area contributed by atoms with Gasteiger partial charge in [0, 0.05) is 37.9 Å². The molecule has 1 aromatic carbocycles. The number of ether oxygens (including phenoxy) is 1. The van der Waals surface area contributed by atoms with E-state index in [9.17, 15) is 18.8 Å². The number of nitrogens with zero attached hydrogens (tertiary/aromatic N) is 4. The highest BCUT2D eigenvalue weighted by Crippen LogP contribution is 2.28. The summed E-state index contributed by atoms with van der Waals surface area (Å²) in [6, 6.07) is 4.79. The highest BCUT2D eigenvalue weighted by molar-refractivity contribution is 6.04. The summed E-state index contributed by atoms with van der Waals surface area (Å²) in [5.74, 6) is -1.09. The highest BCUT2D eigenvalue weighted by Gasteiger charge is 2.38. The molecule has 1 fully saturated rings. The Bertz CT molecular complexity index is 1060. The number of urea groups is 1. The Labute approximate surface area is 204 Å². The minimum absolute atomic E-state index is 0.0685. The van der Waals surface area contributed by atoms with Gasteiger partial charge in [0.15, 0.2) is 0 Å². The molecule has 35 heavy (non-hydrogen) atoms. The third-order valence-corrected chi connectivity index (χ3v) is 5.49. The maximum atomic E-state index is 13.4. The summed E-state index contributed by atoms with van der Waals surface area (Å²) < 4.78 is 20.7. The number of hydrogen-bond donors (Lipinski definition) is 2. The zero-order valence-electron chi connectivity index (χ0n) is 20.7. The first kappa shape index (κ1) is 26.1. The lowest BCUT2D eigenvalue weighted by Crippen LogP contribution is -2.51. The zero-order chi connectivity index (χ0) is 25.8. The van der Waals surface area contributed by atoms with Crippen molar-refractivity contribution in [1.82, 2.24) is 24.9 Å². The van der Waals surface area contributed by atoms with Gasteiger partial charge < -0.3 is 25.2 Å². The van der Waals surface area contributed by atoms with Gasteiger partial charge in [0.1, 0.15) is 12.4 Å². The number of halogens is 1. The number of aromatic nitrogens is 2. The van der Waals surface area contributed by atoms with Gasteiger partial charge in [0.25, 0.3) is 5.91 Å². The van der Waals surface area contributed by atoms with Crippen LogP contribution in [-0.2, 0) is 9.53 Å². The largest absolute Gasteiger partial charge is 0.369 e. The van der Waals surface area contributed by atoms with Crippen LogP contribution >= 0.6 is 0 Å². The van der Waals surface area contributed by atoms with Crippen LogP contribution in [0, 0.1) is 5.82 Å². The zero-order valence-corrected chi connectivity index (χ0v) is 20.7. The number of carbonyl (C=O) groups is 3. The summed E-state index contributed by atoms with van der Waals surface area (Å²) in [5, 5.41) is 10.1. The summed E-state index contributed by atoms with van der Waals surface area (Å²) >= 11 is 0. The molecule has 10 nitrogen and oxygen atoms in total. The minimum atomic E-state index is -0.492. The maximum absolute atomic E-state index is 13.4. The summed E-state index contributed by atoms with van der Waals surface area (Å²) in [5.41, 5.74) is 0.246. The SMILES string of the molecule is CN(C)C(=O)COC[C@@H]1C[C@H](n2cc(NC(=O)c3cccc(F)c3)cn2)CN1C(=O)NC(C)(C)C. The van der Waals surface area contributed by atoms with Gasteiger partial charge in [-0.1, -0.05) is 6.07 Å². The molecule has 2 N–H and O–H groups in total. The monoisotopic (exact) mass is 488 g/mol. The van der Waals surface area contributed by atoms with Gasteiger partial charge in [-0.25, -0.2) is 9.18 Å². The number of benzene rings is 1. The van der Waals surface area contributed by atoms with Crippen LogP contribution < -0.4 is 10.6 Å². The summed E-state index contributed by atoms with van der Waals surface area (Å²) in [7, 11) is 3.31. The van der Waals surface area contributed by atoms with Crippen molar-refractivity contribution in [2.24, 2.45) is 0 Å². The molecule has 3 rings (SSSR count). The van der Waals surface area contributed by atoms with Crippen molar-refractivity contribution in [2.45, 2.75) is 44.8 Å². The first-order valence-electron chi connectivity index (χ1n) is 11.4. The molecule has 1 aromatic heterocycles. The van der Waals surface area contributed by atoms with Gasteiger partial charge in [-0.05, 0) is 45.4 Å². The van der Waals surface area contributed by atoms with Crippen molar-refractivity contribution in [3.8, 4) is 0 Å². The molecule has 0 spiro atoms. The van der Waals surface area contributed by atoms with E-state index in [1.165, 1.54) is 29.3 Å². The standard InChI is InChI=1S/C24H33FN6O4/c1-24(2,3)28-23(34)30-13-19(10-20(30)14-35-15-21(32)29(4)5)31-12-18(11-26-31)27-22(33)16-7-6-8-17(25)9-16/h6-9,11-12,19-20H,10,13-15H2,1-5H3,(H,27,33)(H,28,34)/t19-,20-/m0/s1. The van der Waals surface area contributed by atoms with Crippen LogP contribution in [0.3, 0.4) is 0 Å². The van der Waals surface area contributed by atoms with E-state index >= 15 is 0 Å². The second kappa shape index (κ2) is 10.9. The molecular formula is C24H33FN6O4. The first-order valence-corrected chi connectivity index (χ1v) is 11.4. The van der Waals surface area contributed by atoms with Crippen LogP contribution in [0.15, 0.2) is 36.7 Å². The van der Waals surface area contributed by atoms with Gasteiger partial charge >= 0.3 is 6.03 Å². The van der Waals surface area contributed by atoms with Crippen molar-refractivity contribution >= 4 is 23.5 Å². The van der Waals surface area contributed by atoms with Crippen LogP contribution in [0.1, 0.15) is 43.6 Å². The molecule has 11 heteroatoms. The van der Waals surface area contributed by atoms with Crippen molar-refractivity contribution in [3.63, 3.8) is 0 Å². The fourth-order valence-electron chi connectivity index (χ4n) is 3.73.